The van der Waals surface area contributed by atoms with Gasteiger partial charge in [0.2, 0.25) is 0 Å². The molecule has 0 radical (unpaired) electrons. The number of rotatable bonds is 8. The van der Waals surface area contributed by atoms with Crippen LogP contribution in [-0.2, 0) is 22.3 Å². The van der Waals surface area contributed by atoms with Crippen molar-refractivity contribution < 1.29 is 29.9 Å². The molecule has 0 aromatic heterocycles. The molecule has 0 saturated carbocycles. The van der Waals surface area contributed by atoms with Gasteiger partial charge in [-0.2, -0.15) is 0 Å². The van der Waals surface area contributed by atoms with Crippen LogP contribution in [0.15, 0.2) is 98.1 Å². The van der Waals surface area contributed by atoms with Crippen LogP contribution in [0.3, 0.4) is 0 Å². The smallest absolute Gasteiger partial charge is 0.123 e. The summed E-state index contributed by atoms with van der Waals surface area (Å²) in [5.41, 5.74) is 5.51. The van der Waals surface area contributed by atoms with Gasteiger partial charge in [-0.1, -0.05) is 48.6 Å². The van der Waals surface area contributed by atoms with Crippen molar-refractivity contribution in [2.75, 3.05) is 0 Å². The Bertz CT molecular complexity index is 1500. The number of hydrogen-bond donors (Lipinski definition) is 4. The predicted molar refractivity (Wildman–Crippen MR) is 165 cm³/mol. The van der Waals surface area contributed by atoms with E-state index in [1.54, 1.807) is 48.6 Å². The van der Waals surface area contributed by atoms with Gasteiger partial charge in [-0.05, 0) is 85.3 Å². The van der Waals surface area contributed by atoms with Crippen LogP contribution >= 0.6 is 0 Å². The van der Waals surface area contributed by atoms with Gasteiger partial charge >= 0.3 is 0 Å². The topological polar surface area (TPSA) is 99.4 Å². The third kappa shape index (κ3) is 5.77. The summed E-state index contributed by atoms with van der Waals surface area (Å²) in [5.74, 6) is 0.193. The lowest BCUT2D eigenvalue weighted by Gasteiger charge is -2.40. The van der Waals surface area contributed by atoms with E-state index in [-0.39, 0.29) is 35.2 Å². The number of phenols is 4. The van der Waals surface area contributed by atoms with Crippen LogP contribution < -0.4 is 0 Å². The number of hydrogen-bond acceptors (Lipinski definition) is 6. The Morgan fingerprint density at radius 2 is 0.976 bits per heavy atom. The first-order valence-electron chi connectivity index (χ1n) is 14.0. The van der Waals surface area contributed by atoms with Crippen LogP contribution in [0.4, 0.5) is 0 Å². The Hall–Kier alpha value is -4.52. The third-order valence-corrected chi connectivity index (χ3v) is 7.74. The molecule has 4 aromatic carbocycles. The van der Waals surface area contributed by atoms with E-state index in [2.05, 4.69) is 13.2 Å². The molecule has 6 heteroatoms. The molecule has 1 saturated heterocycles. The Kier molecular flexibility index (Phi) is 8.39. The Morgan fingerprint density at radius 1 is 0.548 bits per heavy atom. The Labute approximate surface area is 246 Å². The van der Waals surface area contributed by atoms with E-state index in [0.717, 1.165) is 22.3 Å². The minimum Gasteiger partial charge on any atom is -0.507 e. The molecular weight excluding hydrogens is 528 g/mol. The standard InChI is InChI=1S/C36H36O6/c1-5-7-23-9-15-31(37)29(17-23)27-13-11-25(19-33(27)39)35-21(3)41-22(4)36(42-35)26-12-14-28(34(40)20-26)30-18-24(8-6-2)10-16-32(30)38/h5-6,9-22,35-40H,1-2,7-8H2,3-4H3. The number of ether oxygens (including phenoxy) is 2. The van der Waals surface area contributed by atoms with Crippen molar-refractivity contribution in [3.05, 3.63) is 120 Å². The van der Waals surface area contributed by atoms with Crippen molar-refractivity contribution in [1.82, 2.24) is 0 Å². The molecule has 4 N–H and O–H groups in total. The molecule has 6 nitrogen and oxygen atoms in total. The minimum absolute atomic E-state index is 0.0185. The molecule has 1 aliphatic heterocycles. The summed E-state index contributed by atoms with van der Waals surface area (Å²) in [6, 6.07) is 21.2. The lowest BCUT2D eigenvalue weighted by atomic mass is 9.93. The lowest BCUT2D eigenvalue weighted by molar-refractivity contribution is -0.215. The highest BCUT2D eigenvalue weighted by molar-refractivity contribution is 5.77. The zero-order valence-corrected chi connectivity index (χ0v) is 23.8. The van der Waals surface area contributed by atoms with Gasteiger partial charge in [-0.3, -0.25) is 0 Å². The van der Waals surface area contributed by atoms with Crippen LogP contribution in [0.1, 0.15) is 48.3 Å². The summed E-state index contributed by atoms with van der Waals surface area (Å²) in [5, 5.41) is 43.0. The fraction of sp³-hybridized carbons (Fsp3) is 0.222. The molecule has 0 bridgehead atoms. The normalized spacial score (nSPS) is 20.2. The molecule has 0 aliphatic carbocycles. The van der Waals surface area contributed by atoms with Gasteiger partial charge < -0.3 is 29.9 Å². The quantitative estimate of drug-likeness (QED) is 0.162. The van der Waals surface area contributed by atoms with Gasteiger partial charge in [0.15, 0.2) is 0 Å². The van der Waals surface area contributed by atoms with Gasteiger partial charge in [0.25, 0.3) is 0 Å². The molecule has 4 aromatic rings. The average molecular weight is 565 g/mol. The highest BCUT2D eigenvalue weighted by Crippen LogP contribution is 2.44. The first-order chi connectivity index (χ1) is 20.2. The van der Waals surface area contributed by atoms with Crippen molar-refractivity contribution in [1.29, 1.82) is 0 Å². The second-order valence-corrected chi connectivity index (χ2v) is 10.8. The van der Waals surface area contributed by atoms with Gasteiger partial charge in [0.1, 0.15) is 35.2 Å². The van der Waals surface area contributed by atoms with Crippen LogP contribution in [0.25, 0.3) is 22.3 Å². The zero-order chi connectivity index (χ0) is 30.0. The van der Waals surface area contributed by atoms with E-state index in [1.165, 1.54) is 0 Å². The second-order valence-electron chi connectivity index (χ2n) is 10.8. The summed E-state index contributed by atoms with van der Waals surface area (Å²) in [6.07, 6.45) is 3.29. The molecule has 216 valence electrons. The maximum absolute atomic E-state index is 11.0. The van der Waals surface area contributed by atoms with Crippen LogP contribution in [0.5, 0.6) is 23.0 Å². The minimum atomic E-state index is -0.492. The molecule has 0 spiro atoms. The number of allylic oxidation sites excluding steroid dienone is 2. The molecule has 0 amide bonds. The Morgan fingerprint density at radius 3 is 1.36 bits per heavy atom. The fourth-order valence-electron chi connectivity index (χ4n) is 5.65. The maximum Gasteiger partial charge on any atom is 0.123 e. The maximum atomic E-state index is 11.0. The van der Waals surface area contributed by atoms with E-state index in [1.807, 2.05) is 50.2 Å². The van der Waals surface area contributed by atoms with Crippen molar-refractivity contribution in [3.63, 3.8) is 0 Å². The van der Waals surface area contributed by atoms with Gasteiger partial charge in [0.05, 0.1) is 12.2 Å². The number of benzene rings is 4. The average Bonchev–Trinajstić information content (AvgIpc) is 2.96. The van der Waals surface area contributed by atoms with Crippen LogP contribution in [0, 0.1) is 0 Å². The molecule has 1 heterocycles. The summed E-state index contributed by atoms with van der Waals surface area (Å²) in [4.78, 5) is 0. The highest BCUT2D eigenvalue weighted by Gasteiger charge is 2.37. The van der Waals surface area contributed by atoms with Crippen LogP contribution in [0.2, 0.25) is 0 Å². The van der Waals surface area contributed by atoms with Crippen molar-refractivity contribution in [2.24, 2.45) is 0 Å². The lowest BCUT2D eigenvalue weighted by Crippen LogP contribution is -2.37. The molecule has 1 fully saturated rings. The van der Waals surface area contributed by atoms with E-state index in [4.69, 9.17) is 9.47 Å². The summed E-state index contributed by atoms with van der Waals surface area (Å²) >= 11 is 0. The van der Waals surface area contributed by atoms with Crippen LogP contribution in [-0.4, -0.2) is 32.6 Å². The fourth-order valence-corrected chi connectivity index (χ4v) is 5.65. The summed E-state index contributed by atoms with van der Waals surface area (Å²) in [6.45, 7) is 11.4. The first-order valence-corrected chi connectivity index (χ1v) is 14.0. The highest BCUT2D eigenvalue weighted by atomic mass is 16.6. The van der Waals surface area contributed by atoms with E-state index >= 15 is 0 Å². The zero-order valence-electron chi connectivity index (χ0n) is 23.8. The van der Waals surface area contributed by atoms with E-state index < -0.39 is 12.2 Å². The molecule has 4 unspecified atom stereocenters. The van der Waals surface area contributed by atoms with E-state index in [0.29, 0.717) is 35.1 Å². The summed E-state index contributed by atoms with van der Waals surface area (Å²) in [7, 11) is 0. The summed E-state index contributed by atoms with van der Waals surface area (Å²) < 4.78 is 12.8. The number of phenolic OH excluding ortho intramolecular Hbond substituents is 4. The SMILES string of the molecule is C=CCc1ccc(O)c(-c2ccc(C3OC(c4ccc(-c5cc(CC=C)ccc5O)c(O)c4)C(C)OC3C)cc2O)c1. The van der Waals surface area contributed by atoms with E-state index in [9.17, 15) is 20.4 Å². The monoisotopic (exact) mass is 564 g/mol. The third-order valence-electron chi connectivity index (χ3n) is 7.74. The molecule has 1 aliphatic rings. The molecule has 4 atom stereocenters. The largest absolute Gasteiger partial charge is 0.507 e. The van der Waals surface area contributed by atoms with Crippen molar-refractivity contribution in [2.45, 2.75) is 51.1 Å². The van der Waals surface area contributed by atoms with Crippen molar-refractivity contribution in [3.8, 4) is 45.3 Å². The van der Waals surface area contributed by atoms with Gasteiger partial charge in [0, 0.05) is 22.3 Å². The van der Waals surface area contributed by atoms with Gasteiger partial charge in [-0.15, -0.1) is 13.2 Å². The molecule has 42 heavy (non-hydrogen) atoms. The second kappa shape index (κ2) is 12.1. The predicted octanol–water partition coefficient (Wildman–Crippen LogP) is 7.91. The molecule has 5 rings (SSSR count). The number of aromatic hydroxyl groups is 4. The first kappa shape index (κ1) is 29.0. The Balaban J connectivity index is 1.42. The van der Waals surface area contributed by atoms with Gasteiger partial charge in [-0.25, -0.2) is 0 Å². The molecular formula is C36H36O6. The van der Waals surface area contributed by atoms with Crippen molar-refractivity contribution >= 4 is 0 Å².